The van der Waals surface area contributed by atoms with Crippen LogP contribution in [-0.2, 0) is 4.79 Å². The number of hydrogen-bond donors (Lipinski definition) is 3. The van der Waals surface area contributed by atoms with Gasteiger partial charge in [0.25, 0.3) is 0 Å². The predicted molar refractivity (Wildman–Crippen MR) is 75.8 cm³/mol. The smallest absolute Gasteiger partial charge is 0.237 e. The molecule has 0 radical (unpaired) electrons. The fourth-order valence-corrected chi connectivity index (χ4v) is 3.58. The van der Waals surface area contributed by atoms with Crippen molar-refractivity contribution in [1.29, 1.82) is 0 Å². The lowest BCUT2D eigenvalue weighted by Crippen LogP contribution is -2.44. The molecule has 1 aliphatic heterocycles. The molecule has 0 aromatic heterocycles. The normalized spacial score (nSPS) is 33.5. The molecule has 0 bridgehead atoms. The molecule has 1 heterocycles. The van der Waals surface area contributed by atoms with Crippen molar-refractivity contribution in [1.82, 2.24) is 10.6 Å². The second-order valence-corrected chi connectivity index (χ2v) is 6.54. The van der Waals surface area contributed by atoms with Crippen LogP contribution in [0.2, 0.25) is 0 Å². The topological polar surface area (TPSA) is 61.4 Å². The van der Waals surface area contributed by atoms with Crippen LogP contribution >= 0.6 is 0 Å². The number of aliphatic hydroxyl groups excluding tert-OH is 1. The van der Waals surface area contributed by atoms with Gasteiger partial charge in [-0.2, -0.15) is 0 Å². The van der Waals surface area contributed by atoms with E-state index in [9.17, 15) is 9.90 Å². The fraction of sp³-hybridized carbons (Fsp3) is 0.933. The van der Waals surface area contributed by atoms with Gasteiger partial charge in [0.2, 0.25) is 5.91 Å². The molecule has 0 aromatic rings. The first-order chi connectivity index (χ1) is 9.06. The summed E-state index contributed by atoms with van der Waals surface area (Å²) in [6.07, 6.45) is 6.58. The van der Waals surface area contributed by atoms with Gasteiger partial charge in [-0.15, -0.1) is 0 Å². The van der Waals surface area contributed by atoms with Gasteiger partial charge >= 0.3 is 0 Å². The molecule has 2 rings (SSSR count). The lowest BCUT2D eigenvalue weighted by atomic mass is 9.85. The van der Waals surface area contributed by atoms with Crippen LogP contribution in [0.3, 0.4) is 0 Å². The van der Waals surface area contributed by atoms with E-state index in [0.717, 1.165) is 12.8 Å². The number of carbonyl (C=O) groups excluding carboxylic acids is 1. The van der Waals surface area contributed by atoms with Gasteiger partial charge in [-0.1, -0.05) is 19.8 Å². The van der Waals surface area contributed by atoms with E-state index in [1.165, 1.54) is 25.7 Å². The largest absolute Gasteiger partial charge is 0.393 e. The van der Waals surface area contributed by atoms with Crippen LogP contribution in [0.4, 0.5) is 0 Å². The van der Waals surface area contributed by atoms with E-state index in [0.29, 0.717) is 24.4 Å². The third kappa shape index (κ3) is 4.18. The summed E-state index contributed by atoms with van der Waals surface area (Å²) in [5, 5.41) is 15.8. The average Bonchev–Trinajstić information content (AvgIpc) is 2.78. The standard InChI is InChI=1S/C15H28N2O2/c1-10(7-11(2)18)9-16-15(19)14-8-12-5-3-4-6-13(12)17-14/h10-14,17-18H,3-9H2,1-2H3,(H,16,19). The Labute approximate surface area is 116 Å². The van der Waals surface area contributed by atoms with E-state index in [2.05, 4.69) is 17.6 Å². The number of carbonyl (C=O) groups is 1. The van der Waals surface area contributed by atoms with Crippen LogP contribution in [0.15, 0.2) is 0 Å². The fourth-order valence-electron chi connectivity index (χ4n) is 3.58. The van der Waals surface area contributed by atoms with E-state index >= 15 is 0 Å². The molecule has 1 aliphatic carbocycles. The summed E-state index contributed by atoms with van der Waals surface area (Å²) < 4.78 is 0. The highest BCUT2D eigenvalue weighted by atomic mass is 16.3. The second-order valence-electron chi connectivity index (χ2n) is 6.54. The quantitative estimate of drug-likeness (QED) is 0.707. The first-order valence-electron chi connectivity index (χ1n) is 7.78. The van der Waals surface area contributed by atoms with Crippen molar-refractivity contribution in [2.45, 2.75) is 70.6 Å². The molecular formula is C15H28N2O2. The number of aliphatic hydroxyl groups is 1. The molecule has 0 spiro atoms. The van der Waals surface area contributed by atoms with Crippen molar-refractivity contribution >= 4 is 5.91 Å². The minimum Gasteiger partial charge on any atom is -0.393 e. The Bertz CT molecular complexity index is 293. The third-order valence-corrected chi connectivity index (χ3v) is 4.55. The molecule has 1 saturated heterocycles. The van der Waals surface area contributed by atoms with Crippen LogP contribution in [0, 0.1) is 11.8 Å². The molecule has 1 amide bonds. The zero-order valence-electron chi connectivity index (χ0n) is 12.2. The maximum Gasteiger partial charge on any atom is 0.237 e. The summed E-state index contributed by atoms with van der Waals surface area (Å²) >= 11 is 0. The van der Waals surface area contributed by atoms with Gasteiger partial charge in [0.15, 0.2) is 0 Å². The average molecular weight is 268 g/mol. The Balaban J connectivity index is 1.72. The highest BCUT2D eigenvalue weighted by Gasteiger charge is 2.38. The summed E-state index contributed by atoms with van der Waals surface area (Å²) in [5.41, 5.74) is 0. The van der Waals surface area contributed by atoms with Crippen molar-refractivity contribution in [3.05, 3.63) is 0 Å². The van der Waals surface area contributed by atoms with Crippen LogP contribution in [0.25, 0.3) is 0 Å². The summed E-state index contributed by atoms with van der Waals surface area (Å²) in [4.78, 5) is 12.1. The van der Waals surface area contributed by atoms with Crippen molar-refractivity contribution in [2.24, 2.45) is 11.8 Å². The van der Waals surface area contributed by atoms with Crippen molar-refractivity contribution in [3.8, 4) is 0 Å². The molecule has 4 heteroatoms. The zero-order valence-corrected chi connectivity index (χ0v) is 12.2. The monoisotopic (exact) mass is 268 g/mol. The molecule has 4 nitrogen and oxygen atoms in total. The van der Waals surface area contributed by atoms with Crippen LogP contribution in [0.1, 0.15) is 52.4 Å². The Morgan fingerprint density at radius 3 is 2.79 bits per heavy atom. The van der Waals surface area contributed by atoms with Crippen LogP contribution in [-0.4, -0.2) is 35.7 Å². The highest BCUT2D eigenvalue weighted by Crippen LogP contribution is 2.33. The summed E-state index contributed by atoms with van der Waals surface area (Å²) in [5.74, 6) is 1.18. The van der Waals surface area contributed by atoms with Crippen molar-refractivity contribution in [2.75, 3.05) is 6.54 Å². The maximum atomic E-state index is 12.1. The van der Waals surface area contributed by atoms with Crippen LogP contribution < -0.4 is 10.6 Å². The van der Waals surface area contributed by atoms with E-state index in [1.807, 2.05) is 0 Å². The highest BCUT2D eigenvalue weighted by molar-refractivity contribution is 5.82. The van der Waals surface area contributed by atoms with E-state index in [-0.39, 0.29) is 18.1 Å². The van der Waals surface area contributed by atoms with Gasteiger partial charge < -0.3 is 15.7 Å². The van der Waals surface area contributed by atoms with E-state index in [1.54, 1.807) is 6.92 Å². The molecule has 3 N–H and O–H groups in total. The molecule has 0 aromatic carbocycles. The van der Waals surface area contributed by atoms with Gasteiger partial charge in [0.05, 0.1) is 12.1 Å². The summed E-state index contributed by atoms with van der Waals surface area (Å²) in [7, 11) is 0. The number of nitrogens with one attached hydrogen (secondary N) is 2. The first kappa shape index (κ1) is 14.8. The van der Waals surface area contributed by atoms with Gasteiger partial charge in [-0.3, -0.25) is 4.79 Å². The Morgan fingerprint density at radius 1 is 1.37 bits per heavy atom. The van der Waals surface area contributed by atoms with Crippen molar-refractivity contribution in [3.63, 3.8) is 0 Å². The number of fused-ring (bicyclic) bond motifs is 1. The van der Waals surface area contributed by atoms with Gasteiger partial charge in [-0.05, 0) is 44.4 Å². The molecular weight excluding hydrogens is 240 g/mol. The SMILES string of the molecule is CC(O)CC(C)CNC(=O)C1CC2CCCCC2N1. The lowest BCUT2D eigenvalue weighted by molar-refractivity contribution is -0.123. The van der Waals surface area contributed by atoms with Gasteiger partial charge in [0.1, 0.15) is 0 Å². The maximum absolute atomic E-state index is 12.1. The molecule has 19 heavy (non-hydrogen) atoms. The Hall–Kier alpha value is -0.610. The molecule has 5 unspecified atom stereocenters. The molecule has 110 valence electrons. The number of hydrogen-bond acceptors (Lipinski definition) is 3. The molecule has 2 fully saturated rings. The predicted octanol–water partition coefficient (Wildman–Crippen LogP) is 1.43. The second kappa shape index (κ2) is 6.71. The number of rotatable bonds is 5. The van der Waals surface area contributed by atoms with Crippen molar-refractivity contribution < 1.29 is 9.90 Å². The van der Waals surface area contributed by atoms with E-state index in [4.69, 9.17) is 0 Å². The minimum absolute atomic E-state index is 0.00634. The number of amides is 1. The third-order valence-electron chi connectivity index (χ3n) is 4.55. The molecule has 5 atom stereocenters. The van der Waals surface area contributed by atoms with E-state index < -0.39 is 0 Å². The molecule has 2 aliphatic rings. The van der Waals surface area contributed by atoms with Gasteiger partial charge in [-0.25, -0.2) is 0 Å². The lowest BCUT2D eigenvalue weighted by Gasteiger charge is -2.24. The zero-order chi connectivity index (χ0) is 13.8. The minimum atomic E-state index is -0.292. The Kier molecular flexibility index (Phi) is 5.22. The first-order valence-corrected chi connectivity index (χ1v) is 7.78. The van der Waals surface area contributed by atoms with Gasteiger partial charge in [0, 0.05) is 12.6 Å². The van der Waals surface area contributed by atoms with Crippen LogP contribution in [0.5, 0.6) is 0 Å². The summed E-state index contributed by atoms with van der Waals surface area (Å²) in [6.45, 7) is 4.52. The Morgan fingerprint density at radius 2 is 2.11 bits per heavy atom. The molecule has 1 saturated carbocycles. The summed E-state index contributed by atoms with van der Waals surface area (Å²) in [6, 6.07) is 0.575.